The molecule has 3 aromatic heterocycles. The number of nitrogens with zero attached hydrogens (tertiary/aromatic N) is 1. The molecule has 1 aliphatic rings. The molecule has 0 fully saturated rings. The van der Waals surface area contributed by atoms with Crippen LogP contribution in [0.4, 0.5) is 5.00 Å². The van der Waals surface area contributed by atoms with Gasteiger partial charge in [-0.2, -0.15) is 0 Å². The molecule has 3 heterocycles. The number of hydrogen-bond acceptors (Lipinski definition) is 6. The lowest BCUT2D eigenvalue weighted by Gasteiger charge is -2.18. The van der Waals surface area contributed by atoms with E-state index in [1.54, 1.807) is 35.8 Å². The van der Waals surface area contributed by atoms with E-state index in [0.29, 0.717) is 17.3 Å². The van der Waals surface area contributed by atoms with Gasteiger partial charge in [-0.25, -0.2) is 4.98 Å². The fourth-order valence-electron chi connectivity index (χ4n) is 4.52. The Balaban J connectivity index is 1.42. The number of hydrogen-bond donors (Lipinski definition) is 1. The number of thiazole rings is 1. The number of furan rings is 1. The monoisotopic (exact) mass is 474 g/mol. The van der Waals surface area contributed by atoms with Gasteiger partial charge in [0.2, 0.25) is 0 Å². The van der Waals surface area contributed by atoms with E-state index in [4.69, 9.17) is 14.1 Å². The van der Waals surface area contributed by atoms with Crippen molar-refractivity contribution in [1.29, 1.82) is 0 Å². The van der Waals surface area contributed by atoms with Crippen molar-refractivity contribution in [2.45, 2.75) is 26.2 Å². The Morgan fingerprint density at radius 1 is 1.18 bits per heavy atom. The second-order valence-electron chi connectivity index (χ2n) is 8.49. The highest BCUT2D eigenvalue weighted by molar-refractivity contribution is 7.23. The maximum atomic E-state index is 13.3. The van der Waals surface area contributed by atoms with Crippen LogP contribution >= 0.6 is 22.7 Å². The van der Waals surface area contributed by atoms with E-state index >= 15 is 0 Å². The quantitative estimate of drug-likeness (QED) is 0.300. The molecule has 1 amide bonds. The summed E-state index contributed by atoms with van der Waals surface area (Å²) in [6.45, 7) is 2.29. The van der Waals surface area contributed by atoms with E-state index in [2.05, 4.69) is 18.3 Å². The first-order chi connectivity index (χ1) is 16.1. The van der Waals surface area contributed by atoms with Crippen molar-refractivity contribution < 1.29 is 13.9 Å². The summed E-state index contributed by atoms with van der Waals surface area (Å²) in [5.74, 6) is 1.26. The fraction of sp³-hybridized carbons (Fsp3) is 0.231. The van der Waals surface area contributed by atoms with Crippen molar-refractivity contribution in [2.75, 3.05) is 12.4 Å². The Labute approximate surface area is 199 Å². The number of thiophene rings is 1. The molecule has 5 nitrogen and oxygen atoms in total. The molecular formula is C26H22N2O3S2. The Bertz CT molecular complexity index is 1480. The van der Waals surface area contributed by atoms with Gasteiger partial charge in [0.1, 0.15) is 10.0 Å². The second kappa shape index (κ2) is 8.01. The number of nitrogens with one attached hydrogen (secondary N) is 1. The van der Waals surface area contributed by atoms with E-state index in [1.807, 2.05) is 36.4 Å². The van der Waals surface area contributed by atoms with Gasteiger partial charge >= 0.3 is 0 Å². The summed E-state index contributed by atoms with van der Waals surface area (Å²) < 4.78 is 12.4. The molecule has 1 N–H and O–H groups in total. The lowest BCUT2D eigenvalue weighted by Crippen LogP contribution is -2.11. The normalized spacial score (nSPS) is 15.6. The number of para-hydroxylation sites is 2. The maximum Gasteiger partial charge on any atom is 0.292 e. The first-order valence-electron chi connectivity index (χ1n) is 11.0. The first kappa shape index (κ1) is 20.4. The minimum Gasteiger partial charge on any atom is -0.493 e. The molecule has 0 spiro atoms. The number of amides is 1. The van der Waals surface area contributed by atoms with Crippen LogP contribution in [0.15, 0.2) is 52.9 Å². The predicted molar refractivity (Wildman–Crippen MR) is 135 cm³/mol. The molecule has 0 aliphatic heterocycles. The van der Waals surface area contributed by atoms with Crippen LogP contribution in [0, 0.1) is 5.92 Å². The largest absolute Gasteiger partial charge is 0.493 e. The lowest BCUT2D eigenvalue weighted by atomic mass is 9.88. The summed E-state index contributed by atoms with van der Waals surface area (Å²) in [5, 5.41) is 5.81. The third-order valence-electron chi connectivity index (χ3n) is 6.20. The van der Waals surface area contributed by atoms with Gasteiger partial charge in [0.15, 0.2) is 17.1 Å². The maximum absolute atomic E-state index is 13.3. The molecule has 1 atom stereocenters. The standard InChI is InChI=1S/C26H22N2O3S2/c1-14-10-11-16-21(12-14)33-26(22(16)25-27-17-7-3-4-9-20(17)32-25)28-24(29)19-13-15-6-5-8-18(30-2)23(15)31-19/h3-9,13-14H,10-12H2,1-2H3,(H,28,29). The predicted octanol–water partition coefficient (Wildman–Crippen LogP) is 7.16. The third-order valence-corrected chi connectivity index (χ3v) is 8.42. The number of methoxy groups -OCH3 is 1. The van der Waals surface area contributed by atoms with Crippen LogP contribution in [-0.4, -0.2) is 18.0 Å². The molecule has 7 heteroatoms. The number of benzene rings is 2. The highest BCUT2D eigenvalue weighted by atomic mass is 32.1. The number of carbonyl (C=O) groups is 1. The molecule has 5 aromatic rings. The van der Waals surface area contributed by atoms with Gasteiger partial charge in [0.25, 0.3) is 5.91 Å². The number of rotatable bonds is 4. The Kier molecular flexibility index (Phi) is 4.96. The van der Waals surface area contributed by atoms with Crippen molar-refractivity contribution in [3.8, 4) is 16.3 Å². The van der Waals surface area contributed by atoms with Crippen LogP contribution in [-0.2, 0) is 12.8 Å². The van der Waals surface area contributed by atoms with Gasteiger partial charge in [-0.1, -0.05) is 31.2 Å². The minimum absolute atomic E-state index is 0.262. The van der Waals surface area contributed by atoms with E-state index in [0.717, 1.165) is 50.4 Å². The molecular weight excluding hydrogens is 452 g/mol. The molecule has 0 saturated heterocycles. The molecule has 1 aliphatic carbocycles. The molecule has 0 bridgehead atoms. The summed E-state index contributed by atoms with van der Waals surface area (Å²) >= 11 is 3.36. The molecule has 33 heavy (non-hydrogen) atoms. The van der Waals surface area contributed by atoms with Gasteiger partial charge in [-0.15, -0.1) is 22.7 Å². The van der Waals surface area contributed by atoms with E-state index < -0.39 is 0 Å². The van der Waals surface area contributed by atoms with Crippen LogP contribution < -0.4 is 10.1 Å². The molecule has 1 unspecified atom stereocenters. The zero-order valence-corrected chi connectivity index (χ0v) is 19.9. The highest BCUT2D eigenvalue weighted by Gasteiger charge is 2.28. The van der Waals surface area contributed by atoms with Crippen molar-refractivity contribution >= 4 is 54.8 Å². The van der Waals surface area contributed by atoms with Gasteiger partial charge in [0.05, 0.1) is 17.3 Å². The van der Waals surface area contributed by atoms with Gasteiger partial charge in [0, 0.05) is 15.8 Å². The summed E-state index contributed by atoms with van der Waals surface area (Å²) in [6, 6.07) is 15.6. The second-order valence-corrected chi connectivity index (χ2v) is 10.6. The summed E-state index contributed by atoms with van der Waals surface area (Å²) in [7, 11) is 1.60. The zero-order valence-electron chi connectivity index (χ0n) is 18.3. The molecule has 0 saturated carbocycles. The van der Waals surface area contributed by atoms with Crippen molar-refractivity contribution in [3.63, 3.8) is 0 Å². The molecule has 2 aromatic carbocycles. The molecule has 166 valence electrons. The number of fused-ring (bicyclic) bond motifs is 3. The smallest absolute Gasteiger partial charge is 0.292 e. The highest BCUT2D eigenvalue weighted by Crippen LogP contribution is 2.47. The SMILES string of the molecule is COc1cccc2cc(C(=O)Nc3sc4c(c3-c3nc5ccccc5s3)CCC(C)C4)oc12. The third kappa shape index (κ3) is 3.52. The average molecular weight is 475 g/mol. The molecule has 6 rings (SSSR count). The summed E-state index contributed by atoms with van der Waals surface area (Å²) in [4.78, 5) is 19.5. The van der Waals surface area contributed by atoms with Crippen LogP contribution in [0.1, 0.15) is 34.3 Å². The average Bonchev–Trinajstić information content (AvgIpc) is 3.52. The van der Waals surface area contributed by atoms with Crippen LogP contribution in [0.5, 0.6) is 5.75 Å². The summed E-state index contributed by atoms with van der Waals surface area (Å²) in [6.07, 6.45) is 3.20. The Hall–Kier alpha value is -3.16. The number of carbonyl (C=O) groups excluding carboxylic acids is 1. The summed E-state index contributed by atoms with van der Waals surface area (Å²) in [5.41, 5.74) is 3.98. The Morgan fingerprint density at radius 2 is 2.06 bits per heavy atom. The van der Waals surface area contributed by atoms with Crippen molar-refractivity contribution in [3.05, 3.63) is 64.7 Å². The van der Waals surface area contributed by atoms with E-state index in [-0.39, 0.29) is 11.7 Å². The number of ether oxygens (including phenoxy) is 1. The van der Waals surface area contributed by atoms with Crippen LogP contribution in [0.25, 0.3) is 31.8 Å². The van der Waals surface area contributed by atoms with Crippen LogP contribution in [0.2, 0.25) is 0 Å². The van der Waals surface area contributed by atoms with E-state index in [1.165, 1.54) is 10.4 Å². The molecule has 0 radical (unpaired) electrons. The Morgan fingerprint density at radius 3 is 2.91 bits per heavy atom. The fourth-order valence-corrected chi connectivity index (χ4v) is 7.03. The van der Waals surface area contributed by atoms with Crippen molar-refractivity contribution in [2.24, 2.45) is 5.92 Å². The topological polar surface area (TPSA) is 64.4 Å². The number of aromatic nitrogens is 1. The van der Waals surface area contributed by atoms with Crippen molar-refractivity contribution in [1.82, 2.24) is 4.98 Å². The van der Waals surface area contributed by atoms with E-state index in [9.17, 15) is 4.79 Å². The van der Waals surface area contributed by atoms with Gasteiger partial charge in [-0.05, 0) is 55.0 Å². The zero-order chi connectivity index (χ0) is 22.5. The van der Waals surface area contributed by atoms with Crippen LogP contribution in [0.3, 0.4) is 0 Å². The minimum atomic E-state index is -0.262. The van der Waals surface area contributed by atoms with Gasteiger partial charge in [-0.3, -0.25) is 4.79 Å². The first-order valence-corrected chi connectivity index (χ1v) is 12.6. The lowest BCUT2D eigenvalue weighted by molar-refractivity contribution is 0.0999. The van der Waals surface area contributed by atoms with Gasteiger partial charge < -0.3 is 14.5 Å². The number of anilines is 1.